The summed E-state index contributed by atoms with van der Waals surface area (Å²) in [7, 11) is 0. The fourth-order valence-electron chi connectivity index (χ4n) is 4.80. The number of rotatable bonds is 10. The molecule has 1 saturated carbocycles. The van der Waals surface area contributed by atoms with Crippen molar-refractivity contribution in [2.45, 2.75) is 64.3 Å². The van der Waals surface area contributed by atoms with Crippen molar-refractivity contribution in [2.75, 3.05) is 44.2 Å². The number of carbonyl (C=O) groups excluding carboxylic acids is 1. The van der Waals surface area contributed by atoms with Crippen molar-refractivity contribution in [1.29, 1.82) is 5.26 Å². The summed E-state index contributed by atoms with van der Waals surface area (Å²) in [4.78, 5) is 17.0. The zero-order valence-corrected chi connectivity index (χ0v) is 19.0. The van der Waals surface area contributed by atoms with Crippen molar-refractivity contribution in [2.24, 2.45) is 5.92 Å². The molecule has 1 heterocycles. The third-order valence-electron chi connectivity index (χ3n) is 6.64. The molecule has 1 aliphatic heterocycles. The number of ether oxygens (including phenoxy) is 1. The fraction of sp³-hybridized carbons (Fsp3) is 0.680. The zero-order valence-electron chi connectivity index (χ0n) is 19.0. The van der Waals surface area contributed by atoms with E-state index in [1.165, 1.54) is 31.5 Å². The summed E-state index contributed by atoms with van der Waals surface area (Å²) in [5.74, 6) is 1.89. The monoisotopic (exact) mass is 426 g/mol. The van der Waals surface area contributed by atoms with E-state index in [0.29, 0.717) is 31.9 Å². The van der Waals surface area contributed by atoms with Gasteiger partial charge in [-0.15, -0.1) is 0 Å². The average Bonchev–Trinajstić information content (AvgIpc) is 2.80. The molecule has 0 aromatic heterocycles. The summed E-state index contributed by atoms with van der Waals surface area (Å²) in [6.45, 7) is 8.22. The van der Waals surface area contributed by atoms with Crippen molar-refractivity contribution in [1.82, 2.24) is 10.2 Å². The highest BCUT2D eigenvalue weighted by molar-refractivity contribution is 5.76. The Labute approximate surface area is 187 Å². The molecule has 0 atom stereocenters. The maximum Gasteiger partial charge on any atom is 0.220 e. The largest absolute Gasteiger partial charge is 0.492 e. The van der Waals surface area contributed by atoms with E-state index in [9.17, 15) is 4.79 Å². The molecule has 6 heteroatoms. The molecule has 2 aliphatic rings. The molecule has 0 unspecified atom stereocenters. The van der Waals surface area contributed by atoms with Gasteiger partial charge in [-0.05, 0) is 70.0 Å². The quantitative estimate of drug-likeness (QED) is 0.574. The molecule has 0 bridgehead atoms. The van der Waals surface area contributed by atoms with Gasteiger partial charge in [0, 0.05) is 45.1 Å². The molecule has 1 N–H and O–H groups in total. The van der Waals surface area contributed by atoms with E-state index in [1.807, 2.05) is 13.0 Å². The molecule has 170 valence electrons. The summed E-state index contributed by atoms with van der Waals surface area (Å²) in [5, 5.41) is 11.7. The van der Waals surface area contributed by atoms with Crippen LogP contribution in [0.4, 0.5) is 5.69 Å². The minimum Gasteiger partial charge on any atom is -0.492 e. The number of carbonyl (C=O) groups is 1. The summed E-state index contributed by atoms with van der Waals surface area (Å²) < 4.78 is 5.81. The minimum atomic E-state index is 0.113. The number of amides is 1. The van der Waals surface area contributed by atoms with Crippen molar-refractivity contribution < 1.29 is 9.53 Å². The Kier molecular flexibility index (Phi) is 9.48. The first-order chi connectivity index (χ1) is 15.2. The van der Waals surface area contributed by atoms with Crippen LogP contribution in [0.5, 0.6) is 5.75 Å². The first-order valence-corrected chi connectivity index (χ1v) is 12.0. The number of benzene rings is 1. The summed E-state index contributed by atoms with van der Waals surface area (Å²) in [5.41, 5.74) is 1.22. The van der Waals surface area contributed by atoms with E-state index in [4.69, 9.17) is 10.00 Å². The number of nitriles is 1. The predicted octanol–water partition coefficient (Wildman–Crippen LogP) is 3.97. The molecule has 0 radical (unpaired) electrons. The van der Waals surface area contributed by atoms with Crippen LogP contribution in [0, 0.1) is 17.2 Å². The van der Waals surface area contributed by atoms with Crippen LogP contribution >= 0.6 is 0 Å². The number of nitrogens with one attached hydrogen (secondary N) is 1. The number of unbranched alkanes of at least 4 members (excludes halogenated alkanes) is 1. The third kappa shape index (κ3) is 7.43. The number of nitrogens with zero attached hydrogens (tertiary/aromatic N) is 3. The standard InChI is InChI=1S/C25H38N4O2/c1-2-31-24-8-4-3-7-23(24)29-19-17-28(18-20-29)16-14-21-10-12-22(13-11-21)27-25(30)9-5-6-15-26/h3-4,7-8,21-22H,2,5-6,9-14,16-20H2,1H3,(H,27,30)/t21-,22-. The van der Waals surface area contributed by atoms with Crippen LogP contribution in [0.3, 0.4) is 0 Å². The van der Waals surface area contributed by atoms with Crippen LogP contribution in [0.2, 0.25) is 0 Å². The Morgan fingerprint density at radius 2 is 1.90 bits per heavy atom. The Hall–Kier alpha value is -2.26. The maximum absolute atomic E-state index is 11.9. The highest BCUT2D eigenvalue weighted by Crippen LogP contribution is 2.30. The molecule has 2 fully saturated rings. The van der Waals surface area contributed by atoms with E-state index in [-0.39, 0.29) is 5.91 Å². The van der Waals surface area contributed by atoms with E-state index in [1.54, 1.807) is 0 Å². The molecule has 31 heavy (non-hydrogen) atoms. The molecule has 3 rings (SSSR count). The lowest BCUT2D eigenvalue weighted by Gasteiger charge is -2.37. The van der Waals surface area contributed by atoms with Crippen LogP contribution in [-0.2, 0) is 4.79 Å². The minimum absolute atomic E-state index is 0.113. The van der Waals surface area contributed by atoms with Gasteiger partial charge >= 0.3 is 0 Å². The van der Waals surface area contributed by atoms with Crippen molar-refractivity contribution in [3.8, 4) is 11.8 Å². The van der Waals surface area contributed by atoms with Gasteiger partial charge in [0.2, 0.25) is 5.91 Å². The molecule has 0 spiro atoms. The topological polar surface area (TPSA) is 68.6 Å². The SMILES string of the molecule is CCOc1ccccc1N1CCN(CC[C@H]2CC[C@H](NC(=O)CCCC#N)CC2)CC1. The summed E-state index contributed by atoms with van der Waals surface area (Å²) >= 11 is 0. The molecule has 1 aromatic carbocycles. The molecular formula is C25H38N4O2. The number of para-hydroxylation sites is 2. The molecule has 6 nitrogen and oxygen atoms in total. The van der Waals surface area contributed by atoms with Gasteiger partial charge in [0.1, 0.15) is 5.75 Å². The van der Waals surface area contributed by atoms with Gasteiger partial charge in [0.05, 0.1) is 18.4 Å². The van der Waals surface area contributed by atoms with Crippen molar-refractivity contribution >= 4 is 11.6 Å². The Balaban J connectivity index is 1.32. The van der Waals surface area contributed by atoms with Gasteiger partial charge < -0.3 is 15.0 Å². The van der Waals surface area contributed by atoms with Gasteiger partial charge in [-0.25, -0.2) is 0 Å². The molecule has 1 saturated heterocycles. The van der Waals surface area contributed by atoms with E-state index >= 15 is 0 Å². The second kappa shape index (κ2) is 12.6. The first-order valence-electron chi connectivity index (χ1n) is 12.0. The van der Waals surface area contributed by atoms with Crippen molar-refractivity contribution in [3.63, 3.8) is 0 Å². The van der Waals surface area contributed by atoms with Crippen LogP contribution in [-0.4, -0.2) is 56.2 Å². The number of hydrogen-bond donors (Lipinski definition) is 1. The van der Waals surface area contributed by atoms with Gasteiger partial charge in [-0.2, -0.15) is 5.26 Å². The number of anilines is 1. The molecule has 1 aliphatic carbocycles. The van der Waals surface area contributed by atoms with E-state index in [2.05, 4.69) is 39.4 Å². The van der Waals surface area contributed by atoms with Crippen LogP contribution in [0.25, 0.3) is 0 Å². The predicted molar refractivity (Wildman–Crippen MR) is 124 cm³/mol. The summed E-state index contributed by atoms with van der Waals surface area (Å²) in [6, 6.07) is 10.8. The van der Waals surface area contributed by atoms with Gasteiger partial charge in [0.25, 0.3) is 0 Å². The van der Waals surface area contributed by atoms with Crippen LogP contribution < -0.4 is 15.0 Å². The van der Waals surface area contributed by atoms with Crippen LogP contribution in [0.15, 0.2) is 24.3 Å². The van der Waals surface area contributed by atoms with Gasteiger partial charge in [-0.1, -0.05) is 12.1 Å². The summed E-state index contributed by atoms with van der Waals surface area (Å²) in [6.07, 6.45) is 7.49. The average molecular weight is 427 g/mol. The molecule has 1 aromatic rings. The van der Waals surface area contributed by atoms with E-state index in [0.717, 1.165) is 50.7 Å². The maximum atomic E-state index is 11.9. The smallest absolute Gasteiger partial charge is 0.220 e. The lowest BCUT2D eigenvalue weighted by atomic mass is 9.84. The lowest BCUT2D eigenvalue weighted by Crippen LogP contribution is -2.47. The number of piperazine rings is 1. The highest BCUT2D eigenvalue weighted by atomic mass is 16.5. The molecule has 1 amide bonds. The highest BCUT2D eigenvalue weighted by Gasteiger charge is 2.24. The van der Waals surface area contributed by atoms with Gasteiger partial charge in [0.15, 0.2) is 0 Å². The lowest BCUT2D eigenvalue weighted by molar-refractivity contribution is -0.122. The van der Waals surface area contributed by atoms with Crippen molar-refractivity contribution in [3.05, 3.63) is 24.3 Å². The first kappa shape index (κ1) is 23.4. The van der Waals surface area contributed by atoms with Gasteiger partial charge in [-0.3, -0.25) is 9.69 Å². The Morgan fingerprint density at radius 1 is 1.16 bits per heavy atom. The van der Waals surface area contributed by atoms with E-state index < -0.39 is 0 Å². The fourth-order valence-corrected chi connectivity index (χ4v) is 4.80. The zero-order chi connectivity index (χ0) is 21.9. The second-order valence-electron chi connectivity index (χ2n) is 8.81. The second-order valence-corrected chi connectivity index (χ2v) is 8.81. The normalized spacial score (nSPS) is 22.0. The number of hydrogen-bond acceptors (Lipinski definition) is 5. The third-order valence-corrected chi connectivity index (χ3v) is 6.64. The Morgan fingerprint density at radius 3 is 2.61 bits per heavy atom. The Bertz CT molecular complexity index is 716. The van der Waals surface area contributed by atoms with Crippen LogP contribution in [0.1, 0.15) is 58.3 Å². The molecular weight excluding hydrogens is 388 g/mol.